The standard InChI is InChI=1S/C28H24N4O2/c29-14-27-30-15-19(16-31-27)18-12-20-6-5-7-21(13-18)32(20)28(33)34-17-26-24-10-3-1-8-22(24)23-9-2-4-11-25(23)26/h1-4,8-12,15-16,20-21,26H,5-7,13,17H2. The first-order valence-electron chi connectivity index (χ1n) is 11.8. The molecule has 168 valence electrons. The van der Waals surface area contributed by atoms with Crippen molar-refractivity contribution >= 4 is 11.7 Å². The number of benzene rings is 2. The monoisotopic (exact) mass is 448 g/mol. The number of carbonyl (C=O) groups is 1. The number of amides is 1. The fourth-order valence-corrected chi connectivity index (χ4v) is 5.75. The van der Waals surface area contributed by atoms with E-state index in [0.29, 0.717) is 6.61 Å². The fraction of sp³-hybridized carbons (Fsp3) is 0.286. The van der Waals surface area contributed by atoms with Crippen molar-refractivity contribution in [2.24, 2.45) is 0 Å². The van der Waals surface area contributed by atoms with Gasteiger partial charge in [0.25, 0.3) is 0 Å². The Hall–Kier alpha value is -3.98. The molecule has 3 aromatic rings. The molecule has 1 fully saturated rings. The van der Waals surface area contributed by atoms with E-state index in [1.54, 1.807) is 12.4 Å². The molecule has 2 unspecified atom stereocenters. The molecule has 6 heteroatoms. The maximum atomic E-state index is 13.3. The number of nitrogens with zero attached hydrogens (tertiary/aromatic N) is 4. The van der Waals surface area contributed by atoms with Crippen LogP contribution in [0.15, 0.2) is 67.0 Å². The number of hydrogen-bond acceptors (Lipinski definition) is 5. The summed E-state index contributed by atoms with van der Waals surface area (Å²) in [6, 6.07) is 18.8. The molecule has 0 saturated carbocycles. The van der Waals surface area contributed by atoms with Crippen molar-refractivity contribution in [2.75, 3.05) is 6.61 Å². The summed E-state index contributed by atoms with van der Waals surface area (Å²) in [7, 11) is 0. The van der Waals surface area contributed by atoms with Crippen molar-refractivity contribution < 1.29 is 9.53 Å². The minimum atomic E-state index is -0.233. The summed E-state index contributed by atoms with van der Waals surface area (Å²) >= 11 is 0. The minimum Gasteiger partial charge on any atom is -0.448 e. The lowest BCUT2D eigenvalue weighted by molar-refractivity contribution is 0.0539. The average molecular weight is 449 g/mol. The van der Waals surface area contributed by atoms with Crippen LogP contribution in [-0.2, 0) is 4.74 Å². The predicted octanol–water partition coefficient (Wildman–Crippen LogP) is 5.31. The van der Waals surface area contributed by atoms with Gasteiger partial charge in [0.2, 0.25) is 5.82 Å². The van der Waals surface area contributed by atoms with Crippen LogP contribution in [0.25, 0.3) is 16.7 Å². The SMILES string of the molecule is N#Cc1ncc(C2=CC3CCCC(C2)N3C(=O)OCC2c3ccccc3-c3ccccc32)cn1. The van der Waals surface area contributed by atoms with Crippen LogP contribution in [0.2, 0.25) is 0 Å². The van der Waals surface area contributed by atoms with Gasteiger partial charge >= 0.3 is 6.09 Å². The molecule has 6 rings (SSSR count). The highest BCUT2D eigenvalue weighted by Gasteiger charge is 2.39. The summed E-state index contributed by atoms with van der Waals surface area (Å²) in [5.74, 6) is 0.225. The number of rotatable bonds is 3. The summed E-state index contributed by atoms with van der Waals surface area (Å²) in [5, 5.41) is 8.96. The third-order valence-corrected chi connectivity index (χ3v) is 7.31. The summed E-state index contributed by atoms with van der Waals surface area (Å²) in [4.78, 5) is 23.5. The zero-order valence-electron chi connectivity index (χ0n) is 18.7. The summed E-state index contributed by atoms with van der Waals surface area (Å²) in [6.07, 6.45) is 9.04. The van der Waals surface area contributed by atoms with E-state index in [0.717, 1.165) is 36.8 Å². The molecule has 2 aromatic carbocycles. The molecule has 0 N–H and O–H groups in total. The Labute approximate surface area is 198 Å². The molecule has 6 nitrogen and oxygen atoms in total. The van der Waals surface area contributed by atoms with E-state index in [-0.39, 0.29) is 29.9 Å². The fourth-order valence-electron chi connectivity index (χ4n) is 5.75. The largest absolute Gasteiger partial charge is 0.448 e. The number of aromatic nitrogens is 2. The van der Waals surface area contributed by atoms with Gasteiger partial charge < -0.3 is 4.74 Å². The Balaban J connectivity index is 1.21. The Kier molecular flexibility index (Phi) is 5.10. The van der Waals surface area contributed by atoms with Gasteiger partial charge in [-0.2, -0.15) is 5.26 Å². The van der Waals surface area contributed by atoms with E-state index < -0.39 is 0 Å². The molecule has 2 bridgehead atoms. The van der Waals surface area contributed by atoms with E-state index in [1.165, 1.54) is 22.3 Å². The molecule has 1 saturated heterocycles. The molecule has 3 aliphatic rings. The van der Waals surface area contributed by atoms with Crippen molar-refractivity contribution in [2.45, 2.75) is 43.7 Å². The molecular formula is C28H24N4O2. The van der Waals surface area contributed by atoms with Gasteiger partial charge in [0.1, 0.15) is 12.7 Å². The highest BCUT2D eigenvalue weighted by molar-refractivity contribution is 5.79. The van der Waals surface area contributed by atoms with E-state index in [4.69, 9.17) is 10.00 Å². The molecule has 2 aliphatic heterocycles. The Morgan fingerprint density at radius 1 is 1.03 bits per heavy atom. The Morgan fingerprint density at radius 3 is 2.35 bits per heavy atom. The molecule has 1 amide bonds. The van der Waals surface area contributed by atoms with Crippen LogP contribution in [-0.4, -0.2) is 39.7 Å². The van der Waals surface area contributed by atoms with E-state index in [9.17, 15) is 4.79 Å². The number of piperidine rings is 1. The van der Waals surface area contributed by atoms with Crippen molar-refractivity contribution in [3.63, 3.8) is 0 Å². The van der Waals surface area contributed by atoms with Crippen LogP contribution in [0.1, 0.15) is 54.1 Å². The quantitative estimate of drug-likeness (QED) is 0.543. The molecule has 3 heterocycles. The molecule has 0 radical (unpaired) electrons. The molecular weight excluding hydrogens is 424 g/mol. The van der Waals surface area contributed by atoms with Gasteiger partial charge in [0.05, 0.1) is 6.04 Å². The van der Waals surface area contributed by atoms with Gasteiger partial charge in [0, 0.05) is 29.9 Å². The molecule has 34 heavy (non-hydrogen) atoms. The smallest absolute Gasteiger partial charge is 0.410 e. The maximum absolute atomic E-state index is 13.3. The lowest BCUT2D eigenvalue weighted by Gasteiger charge is -2.44. The Morgan fingerprint density at radius 2 is 1.71 bits per heavy atom. The van der Waals surface area contributed by atoms with E-state index >= 15 is 0 Å². The van der Waals surface area contributed by atoms with Gasteiger partial charge in [-0.15, -0.1) is 0 Å². The second kappa shape index (κ2) is 8.42. The van der Waals surface area contributed by atoms with Crippen molar-refractivity contribution in [3.8, 4) is 17.2 Å². The van der Waals surface area contributed by atoms with Crippen molar-refractivity contribution in [3.05, 3.63) is 89.5 Å². The molecule has 2 atom stereocenters. The number of hydrogen-bond donors (Lipinski definition) is 0. The highest BCUT2D eigenvalue weighted by Crippen LogP contribution is 2.45. The summed E-state index contributed by atoms with van der Waals surface area (Å²) < 4.78 is 5.98. The van der Waals surface area contributed by atoms with E-state index in [1.807, 2.05) is 23.1 Å². The number of ether oxygens (including phenoxy) is 1. The van der Waals surface area contributed by atoms with Gasteiger partial charge in [-0.3, -0.25) is 4.90 Å². The molecule has 1 aliphatic carbocycles. The predicted molar refractivity (Wildman–Crippen MR) is 128 cm³/mol. The molecule has 0 spiro atoms. The average Bonchev–Trinajstić information content (AvgIpc) is 3.20. The highest BCUT2D eigenvalue weighted by atomic mass is 16.6. The summed E-state index contributed by atoms with van der Waals surface area (Å²) in [6.45, 7) is 0.336. The zero-order chi connectivity index (χ0) is 23.1. The van der Waals surface area contributed by atoms with Crippen LogP contribution in [0.4, 0.5) is 4.79 Å². The van der Waals surface area contributed by atoms with Gasteiger partial charge in [0.15, 0.2) is 0 Å². The summed E-state index contributed by atoms with van der Waals surface area (Å²) in [5.41, 5.74) is 6.96. The second-order valence-electron chi connectivity index (χ2n) is 9.17. The van der Waals surface area contributed by atoms with Crippen LogP contribution in [0.3, 0.4) is 0 Å². The van der Waals surface area contributed by atoms with Gasteiger partial charge in [-0.1, -0.05) is 54.6 Å². The Bertz CT molecular complexity index is 1280. The van der Waals surface area contributed by atoms with Gasteiger partial charge in [-0.05, 0) is 53.5 Å². The van der Waals surface area contributed by atoms with Crippen LogP contribution >= 0.6 is 0 Å². The third-order valence-electron chi connectivity index (χ3n) is 7.31. The maximum Gasteiger partial charge on any atom is 0.410 e. The lowest BCUT2D eigenvalue weighted by atomic mass is 9.83. The first-order chi connectivity index (χ1) is 16.7. The van der Waals surface area contributed by atoms with E-state index in [2.05, 4.69) is 52.4 Å². The van der Waals surface area contributed by atoms with Crippen LogP contribution in [0, 0.1) is 11.3 Å². The van der Waals surface area contributed by atoms with Crippen molar-refractivity contribution in [1.29, 1.82) is 5.26 Å². The number of nitriles is 1. The molecule has 1 aromatic heterocycles. The van der Waals surface area contributed by atoms with Crippen LogP contribution in [0.5, 0.6) is 0 Å². The lowest BCUT2D eigenvalue weighted by Crippen LogP contribution is -2.51. The normalized spacial score (nSPS) is 20.7. The first kappa shape index (κ1) is 20.6. The number of carbonyl (C=O) groups excluding carboxylic acids is 1. The van der Waals surface area contributed by atoms with Gasteiger partial charge in [-0.25, -0.2) is 14.8 Å². The first-order valence-corrected chi connectivity index (χ1v) is 11.8. The topological polar surface area (TPSA) is 79.1 Å². The minimum absolute atomic E-state index is 0.00814. The van der Waals surface area contributed by atoms with Crippen LogP contribution < -0.4 is 0 Å². The number of fused-ring (bicyclic) bond motifs is 5. The third kappa shape index (κ3) is 3.45. The second-order valence-corrected chi connectivity index (χ2v) is 9.17. The zero-order valence-corrected chi connectivity index (χ0v) is 18.7. The van der Waals surface area contributed by atoms with Crippen molar-refractivity contribution in [1.82, 2.24) is 14.9 Å².